The molecule has 1 N–H and O–H groups in total. The van der Waals surface area contributed by atoms with Gasteiger partial charge in [-0.1, -0.05) is 18.2 Å². The smallest absolute Gasteiger partial charge is 0.257 e. The predicted molar refractivity (Wildman–Crippen MR) is 131 cm³/mol. The molecular weight excluding hydrogens is 469 g/mol. The average molecular weight is 498 g/mol. The molecule has 0 radical (unpaired) electrons. The van der Waals surface area contributed by atoms with Gasteiger partial charge >= 0.3 is 0 Å². The van der Waals surface area contributed by atoms with Crippen LogP contribution in [0.25, 0.3) is 5.69 Å². The Morgan fingerprint density at radius 1 is 1.06 bits per heavy atom. The summed E-state index contributed by atoms with van der Waals surface area (Å²) in [5.41, 5.74) is 1.07. The topological polar surface area (TPSA) is 89.3 Å². The third-order valence-electron chi connectivity index (χ3n) is 5.99. The molecule has 2 aromatic carbocycles. The van der Waals surface area contributed by atoms with Crippen LogP contribution >= 0.6 is 11.8 Å². The number of hydrogen-bond donors (Lipinski definition) is 1. The maximum Gasteiger partial charge on any atom is 0.257 e. The molecule has 1 aliphatic heterocycles. The second-order valence-corrected chi connectivity index (χ2v) is 9.26. The first-order chi connectivity index (χ1) is 17.0. The SMILES string of the molecule is COc1ccc(C(=O)NC(=O)CSc2nnc(C(C)N3CCCCC3)n2-c2ccc(F)cc2)cc1. The lowest BCUT2D eigenvalue weighted by Gasteiger charge is -2.31. The van der Waals surface area contributed by atoms with E-state index in [1.165, 1.54) is 30.3 Å². The van der Waals surface area contributed by atoms with Crippen molar-refractivity contribution in [1.82, 2.24) is 25.0 Å². The Morgan fingerprint density at radius 2 is 1.74 bits per heavy atom. The lowest BCUT2D eigenvalue weighted by Crippen LogP contribution is -2.33. The molecule has 1 atom stereocenters. The molecule has 3 aromatic rings. The van der Waals surface area contributed by atoms with Crippen molar-refractivity contribution in [1.29, 1.82) is 0 Å². The second kappa shape index (κ2) is 11.5. The number of piperidine rings is 1. The molecule has 35 heavy (non-hydrogen) atoms. The van der Waals surface area contributed by atoms with Crippen LogP contribution in [0.4, 0.5) is 4.39 Å². The molecule has 2 heterocycles. The van der Waals surface area contributed by atoms with E-state index in [1.807, 2.05) is 4.57 Å². The fourth-order valence-electron chi connectivity index (χ4n) is 4.05. The van der Waals surface area contributed by atoms with Crippen LogP contribution in [-0.2, 0) is 4.79 Å². The summed E-state index contributed by atoms with van der Waals surface area (Å²) in [6.45, 7) is 4.05. The van der Waals surface area contributed by atoms with Crippen molar-refractivity contribution in [2.45, 2.75) is 37.4 Å². The summed E-state index contributed by atoms with van der Waals surface area (Å²) in [4.78, 5) is 27.3. The van der Waals surface area contributed by atoms with E-state index in [2.05, 4.69) is 27.3 Å². The summed E-state index contributed by atoms with van der Waals surface area (Å²) in [5.74, 6) is 0.0546. The zero-order valence-corrected chi connectivity index (χ0v) is 20.6. The highest BCUT2D eigenvalue weighted by molar-refractivity contribution is 7.99. The van der Waals surface area contributed by atoms with Crippen LogP contribution in [0.5, 0.6) is 5.75 Å². The number of carbonyl (C=O) groups is 2. The molecule has 1 fully saturated rings. The Labute approximate surface area is 207 Å². The summed E-state index contributed by atoms with van der Waals surface area (Å²) < 4.78 is 20.5. The Morgan fingerprint density at radius 3 is 2.40 bits per heavy atom. The number of nitrogens with zero attached hydrogens (tertiary/aromatic N) is 4. The number of hydrogen-bond acceptors (Lipinski definition) is 7. The van der Waals surface area contributed by atoms with Crippen LogP contribution in [0, 0.1) is 5.82 Å². The quantitative estimate of drug-likeness (QED) is 0.471. The van der Waals surface area contributed by atoms with E-state index in [0.717, 1.165) is 31.8 Å². The molecule has 1 aromatic heterocycles. The first kappa shape index (κ1) is 24.9. The highest BCUT2D eigenvalue weighted by atomic mass is 32.2. The number of benzene rings is 2. The minimum atomic E-state index is -0.488. The van der Waals surface area contributed by atoms with Gasteiger partial charge in [-0.15, -0.1) is 10.2 Å². The van der Waals surface area contributed by atoms with Crippen molar-refractivity contribution in [3.63, 3.8) is 0 Å². The molecule has 1 unspecified atom stereocenters. The Hall–Kier alpha value is -3.24. The van der Waals surface area contributed by atoms with E-state index in [9.17, 15) is 14.0 Å². The van der Waals surface area contributed by atoms with Gasteiger partial charge in [-0.05, 0) is 81.4 Å². The lowest BCUT2D eigenvalue weighted by atomic mass is 10.1. The van der Waals surface area contributed by atoms with Crippen LogP contribution in [0.3, 0.4) is 0 Å². The molecular formula is C25H28FN5O3S. The number of methoxy groups -OCH3 is 1. The third kappa shape index (κ3) is 6.07. The van der Waals surface area contributed by atoms with Crippen molar-refractivity contribution >= 4 is 23.6 Å². The molecule has 1 saturated heterocycles. The van der Waals surface area contributed by atoms with Crippen molar-refractivity contribution in [2.75, 3.05) is 26.0 Å². The van der Waals surface area contributed by atoms with Gasteiger partial charge in [0, 0.05) is 11.3 Å². The van der Waals surface area contributed by atoms with Crippen LogP contribution < -0.4 is 10.1 Å². The van der Waals surface area contributed by atoms with Gasteiger partial charge in [0.05, 0.1) is 18.9 Å². The summed E-state index contributed by atoms with van der Waals surface area (Å²) in [7, 11) is 1.54. The number of ether oxygens (including phenoxy) is 1. The van der Waals surface area contributed by atoms with Gasteiger partial charge < -0.3 is 4.74 Å². The maximum absolute atomic E-state index is 13.6. The zero-order valence-electron chi connectivity index (χ0n) is 19.7. The van der Waals surface area contributed by atoms with Gasteiger partial charge in [-0.25, -0.2) is 4.39 Å². The van der Waals surface area contributed by atoms with Crippen LogP contribution in [0.1, 0.15) is 48.4 Å². The molecule has 1 aliphatic rings. The van der Waals surface area contributed by atoms with E-state index < -0.39 is 11.8 Å². The molecule has 2 amide bonds. The average Bonchev–Trinajstić information content (AvgIpc) is 3.32. The first-order valence-electron chi connectivity index (χ1n) is 11.5. The lowest BCUT2D eigenvalue weighted by molar-refractivity contribution is -0.117. The summed E-state index contributed by atoms with van der Waals surface area (Å²) in [5, 5.41) is 11.7. The summed E-state index contributed by atoms with van der Waals surface area (Å²) >= 11 is 1.18. The fourth-order valence-corrected chi connectivity index (χ4v) is 4.81. The molecule has 184 valence electrons. The molecule has 8 nitrogen and oxygen atoms in total. The number of aromatic nitrogens is 3. The normalized spacial score (nSPS) is 14.9. The van der Waals surface area contributed by atoms with E-state index in [-0.39, 0.29) is 17.6 Å². The van der Waals surface area contributed by atoms with E-state index >= 15 is 0 Å². The van der Waals surface area contributed by atoms with Gasteiger partial charge in [-0.2, -0.15) is 0 Å². The number of rotatable bonds is 8. The van der Waals surface area contributed by atoms with E-state index in [4.69, 9.17) is 4.74 Å². The minimum Gasteiger partial charge on any atom is -0.497 e. The number of halogens is 1. The zero-order chi connectivity index (χ0) is 24.8. The summed E-state index contributed by atoms with van der Waals surface area (Å²) in [6, 6.07) is 12.6. The Bertz CT molecular complexity index is 1160. The van der Waals surface area contributed by atoms with E-state index in [1.54, 1.807) is 43.5 Å². The number of imide groups is 1. The van der Waals surface area contributed by atoms with Gasteiger partial charge in [0.15, 0.2) is 11.0 Å². The van der Waals surface area contributed by atoms with Crippen LogP contribution in [0.2, 0.25) is 0 Å². The highest BCUT2D eigenvalue weighted by Crippen LogP contribution is 2.29. The monoisotopic (exact) mass is 497 g/mol. The van der Waals surface area contributed by atoms with Gasteiger partial charge in [0.1, 0.15) is 11.6 Å². The summed E-state index contributed by atoms with van der Waals surface area (Å²) in [6.07, 6.45) is 3.50. The van der Waals surface area contributed by atoms with Crippen molar-refractivity contribution < 1.29 is 18.7 Å². The maximum atomic E-state index is 13.6. The standard InChI is InChI=1S/C25H28FN5O3S/c1-17(30-14-4-3-5-15-30)23-28-29-25(31(23)20-10-8-19(26)9-11-20)35-16-22(32)27-24(33)18-6-12-21(34-2)13-7-18/h6-13,17H,3-5,14-16H2,1-2H3,(H,27,32,33). The Kier molecular flexibility index (Phi) is 8.14. The Balaban J connectivity index is 1.49. The van der Waals surface area contributed by atoms with Crippen molar-refractivity contribution in [3.05, 3.63) is 65.7 Å². The molecule has 0 bridgehead atoms. The molecule has 0 spiro atoms. The molecule has 4 rings (SSSR count). The van der Waals surface area contributed by atoms with Gasteiger partial charge in [0.2, 0.25) is 5.91 Å². The predicted octanol–water partition coefficient (Wildman–Crippen LogP) is 4.01. The van der Waals surface area contributed by atoms with E-state index in [0.29, 0.717) is 22.2 Å². The fraction of sp³-hybridized carbons (Fsp3) is 0.360. The minimum absolute atomic E-state index is 0.00711. The van der Waals surface area contributed by atoms with Gasteiger partial charge in [-0.3, -0.25) is 24.4 Å². The number of likely N-dealkylation sites (tertiary alicyclic amines) is 1. The van der Waals surface area contributed by atoms with Crippen molar-refractivity contribution in [3.8, 4) is 11.4 Å². The number of amides is 2. The van der Waals surface area contributed by atoms with Crippen molar-refractivity contribution in [2.24, 2.45) is 0 Å². The highest BCUT2D eigenvalue weighted by Gasteiger charge is 2.26. The molecule has 10 heteroatoms. The number of nitrogens with one attached hydrogen (secondary N) is 1. The molecule has 0 saturated carbocycles. The van der Waals surface area contributed by atoms with Gasteiger partial charge in [0.25, 0.3) is 5.91 Å². The van der Waals surface area contributed by atoms with Crippen LogP contribution in [-0.4, -0.2) is 57.4 Å². The third-order valence-corrected chi connectivity index (χ3v) is 6.92. The largest absolute Gasteiger partial charge is 0.497 e. The number of thioether (sulfide) groups is 1. The first-order valence-corrected chi connectivity index (χ1v) is 12.5. The molecule has 0 aliphatic carbocycles. The second-order valence-electron chi connectivity index (χ2n) is 8.32. The number of carbonyl (C=O) groups excluding carboxylic acids is 2. The van der Waals surface area contributed by atoms with Crippen LogP contribution in [0.15, 0.2) is 53.7 Å².